The van der Waals surface area contributed by atoms with Crippen molar-refractivity contribution in [1.29, 1.82) is 0 Å². The Hall–Kier alpha value is -9.44. The first kappa shape index (κ1) is 39.5. The standard InChI is InChI=1S/C68H43N3/c1-2-18-50(19-3-1)69-65-36-28-46(40-59(65)61-42-48(30-38-67(61)69)55-24-12-16-44-14-4-6-20-53(44)55)47-29-37-66-60(41-47)62-43-49(56-25-13-17-45-15-5-7-21-54(45)56)31-39-68(62)71(66)52-34-32-51(33-35-52)70-63-26-10-8-22-57(63)58-23-9-11-27-64(58)70/h1-43H. The van der Waals surface area contributed by atoms with E-state index in [4.69, 9.17) is 0 Å². The van der Waals surface area contributed by atoms with E-state index in [1.54, 1.807) is 0 Å². The maximum Gasteiger partial charge on any atom is 0.0541 e. The van der Waals surface area contributed by atoms with Gasteiger partial charge in [-0.15, -0.1) is 0 Å². The fourth-order valence-corrected chi connectivity index (χ4v) is 11.8. The van der Waals surface area contributed by atoms with Crippen LogP contribution in [0.25, 0.3) is 137 Å². The van der Waals surface area contributed by atoms with Crippen LogP contribution in [0.3, 0.4) is 0 Å². The van der Waals surface area contributed by atoms with Crippen LogP contribution in [0.2, 0.25) is 0 Å². The number of aromatic nitrogens is 3. The predicted molar refractivity (Wildman–Crippen MR) is 301 cm³/mol. The number of hydrogen-bond acceptors (Lipinski definition) is 0. The van der Waals surface area contributed by atoms with Crippen LogP contribution in [0.4, 0.5) is 0 Å². The molecule has 0 N–H and O–H groups in total. The molecule has 0 saturated heterocycles. The van der Waals surface area contributed by atoms with E-state index in [9.17, 15) is 0 Å². The van der Waals surface area contributed by atoms with Gasteiger partial charge in [0, 0.05) is 49.4 Å². The summed E-state index contributed by atoms with van der Waals surface area (Å²) in [5.41, 5.74) is 17.8. The summed E-state index contributed by atoms with van der Waals surface area (Å²) < 4.78 is 7.25. The van der Waals surface area contributed by atoms with Gasteiger partial charge in [-0.1, -0.05) is 164 Å². The monoisotopic (exact) mass is 901 g/mol. The SMILES string of the molecule is c1ccc(-n2c3ccc(-c4ccc5c(c4)c4cc(-c6cccc7ccccc67)ccc4n5-c4ccc(-n5c6ccccc6c6ccccc65)cc4)cc3c3cc(-c4cccc5ccccc45)ccc32)cc1. The van der Waals surface area contributed by atoms with E-state index in [0.717, 1.165) is 17.1 Å². The van der Waals surface area contributed by atoms with Crippen molar-refractivity contribution in [2.45, 2.75) is 0 Å². The molecule has 0 fully saturated rings. The Kier molecular flexibility index (Phi) is 8.66. The third-order valence-corrected chi connectivity index (χ3v) is 15.0. The van der Waals surface area contributed by atoms with Crippen LogP contribution in [0.1, 0.15) is 0 Å². The number of nitrogens with zero attached hydrogens (tertiary/aromatic N) is 3. The smallest absolute Gasteiger partial charge is 0.0541 e. The van der Waals surface area contributed by atoms with Crippen LogP contribution in [0.5, 0.6) is 0 Å². The Morgan fingerprint density at radius 2 is 0.493 bits per heavy atom. The highest BCUT2D eigenvalue weighted by molar-refractivity contribution is 6.15. The highest BCUT2D eigenvalue weighted by Crippen LogP contribution is 2.42. The summed E-state index contributed by atoms with van der Waals surface area (Å²) in [5, 5.41) is 12.4. The Bertz CT molecular complexity index is 4560. The lowest BCUT2D eigenvalue weighted by Crippen LogP contribution is -1.97. The summed E-state index contributed by atoms with van der Waals surface area (Å²) in [6.07, 6.45) is 0. The Labute approximate surface area is 409 Å². The minimum Gasteiger partial charge on any atom is -0.309 e. The van der Waals surface area contributed by atoms with E-state index in [0.29, 0.717) is 0 Å². The molecule has 71 heavy (non-hydrogen) atoms. The average molecular weight is 902 g/mol. The molecule has 0 unspecified atom stereocenters. The molecule has 0 spiro atoms. The van der Waals surface area contributed by atoms with Gasteiger partial charge in [0.05, 0.1) is 33.1 Å². The van der Waals surface area contributed by atoms with Gasteiger partial charge in [-0.3, -0.25) is 0 Å². The molecule has 15 aromatic rings. The second-order valence-corrected chi connectivity index (χ2v) is 18.9. The predicted octanol–water partition coefficient (Wildman–Crippen LogP) is 18.3. The van der Waals surface area contributed by atoms with Gasteiger partial charge in [0.15, 0.2) is 0 Å². The maximum atomic E-state index is 2.45. The lowest BCUT2D eigenvalue weighted by Gasteiger charge is -2.12. The summed E-state index contributed by atoms with van der Waals surface area (Å²) in [5.74, 6) is 0. The zero-order chi connectivity index (χ0) is 46.6. The molecule has 330 valence electrons. The number of fused-ring (bicyclic) bond motifs is 11. The van der Waals surface area contributed by atoms with Crippen LogP contribution < -0.4 is 0 Å². The fraction of sp³-hybridized carbons (Fsp3) is 0. The van der Waals surface area contributed by atoms with Crippen LogP contribution >= 0.6 is 0 Å². The number of benzene rings is 12. The highest BCUT2D eigenvalue weighted by Gasteiger charge is 2.19. The molecule has 0 bridgehead atoms. The van der Waals surface area contributed by atoms with Crippen molar-refractivity contribution in [1.82, 2.24) is 13.7 Å². The second kappa shape index (κ2) is 15.5. The van der Waals surface area contributed by atoms with Crippen LogP contribution in [0.15, 0.2) is 261 Å². The minimum atomic E-state index is 1.12. The number of hydrogen-bond donors (Lipinski definition) is 0. The summed E-state index contributed by atoms with van der Waals surface area (Å²) >= 11 is 0. The molecule has 0 aliphatic heterocycles. The third-order valence-electron chi connectivity index (χ3n) is 15.0. The Balaban J connectivity index is 0.927. The maximum absolute atomic E-state index is 2.45. The van der Waals surface area contributed by atoms with Crippen LogP contribution in [0, 0.1) is 0 Å². The molecular weight excluding hydrogens is 859 g/mol. The average Bonchev–Trinajstić information content (AvgIpc) is 4.08. The molecule has 3 heteroatoms. The first-order chi connectivity index (χ1) is 35.2. The lowest BCUT2D eigenvalue weighted by molar-refractivity contribution is 1.14. The number of rotatable bonds is 6. The van der Waals surface area contributed by atoms with Gasteiger partial charge in [0.25, 0.3) is 0 Å². The van der Waals surface area contributed by atoms with Crippen LogP contribution in [-0.2, 0) is 0 Å². The lowest BCUT2D eigenvalue weighted by atomic mass is 9.96. The molecule has 12 aromatic carbocycles. The van der Waals surface area contributed by atoms with Gasteiger partial charge in [0.2, 0.25) is 0 Å². The summed E-state index contributed by atoms with van der Waals surface area (Å²) in [6.45, 7) is 0. The van der Waals surface area contributed by atoms with Crippen molar-refractivity contribution >= 4 is 87.0 Å². The highest BCUT2D eigenvalue weighted by atomic mass is 15.0. The first-order valence-corrected chi connectivity index (χ1v) is 24.5. The summed E-state index contributed by atoms with van der Waals surface area (Å²) in [4.78, 5) is 0. The second-order valence-electron chi connectivity index (χ2n) is 18.9. The molecule has 0 atom stereocenters. The van der Waals surface area contributed by atoms with Gasteiger partial charge in [-0.2, -0.15) is 0 Å². The van der Waals surface area contributed by atoms with Crippen molar-refractivity contribution < 1.29 is 0 Å². The molecule has 3 aromatic heterocycles. The molecule has 15 rings (SSSR count). The van der Waals surface area contributed by atoms with Crippen LogP contribution in [-0.4, -0.2) is 13.7 Å². The zero-order valence-electron chi connectivity index (χ0n) is 38.7. The van der Waals surface area contributed by atoms with Crippen molar-refractivity contribution in [3.05, 3.63) is 261 Å². The number of para-hydroxylation sites is 3. The van der Waals surface area contributed by atoms with Gasteiger partial charge in [-0.25, -0.2) is 0 Å². The zero-order valence-corrected chi connectivity index (χ0v) is 38.7. The topological polar surface area (TPSA) is 14.8 Å². The van der Waals surface area contributed by atoms with Gasteiger partial charge < -0.3 is 13.7 Å². The van der Waals surface area contributed by atoms with Crippen molar-refractivity contribution in [2.24, 2.45) is 0 Å². The van der Waals surface area contributed by atoms with E-state index in [1.165, 1.54) is 120 Å². The first-order valence-electron chi connectivity index (χ1n) is 24.5. The molecule has 3 heterocycles. The molecule has 0 aliphatic carbocycles. The van der Waals surface area contributed by atoms with E-state index in [2.05, 4.69) is 275 Å². The Morgan fingerprint density at radius 3 is 0.930 bits per heavy atom. The van der Waals surface area contributed by atoms with E-state index in [-0.39, 0.29) is 0 Å². The Morgan fingerprint density at radius 1 is 0.183 bits per heavy atom. The molecular formula is C68H43N3. The van der Waals surface area contributed by atoms with Crippen molar-refractivity contribution in [2.75, 3.05) is 0 Å². The van der Waals surface area contributed by atoms with Gasteiger partial charge in [0.1, 0.15) is 0 Å². The van der Waals surface area contributed by atoms with E-state index >= 15 is 0 Å². The van der Waals surface area contributed by atoms with Crippen molar-refractivity contribution in [3.63, 3.8) is 0 Å². The molecule has 0 amide bonds. The van der Waals surface area contributed by atoms with E-state index < -0.39 is 0 Å². The van der Waals surface area contributed by atoms with Gasteiger partial charge >= 0.3 is 0 Å². The fourth-order valence-electron chi connectivity index (χ4n) is 11.8. The molecule has 0 saturated carbocycles. The minimum absolute atomic E-state index is 1.12. The van der Waals surface area contributed by atoms with E-state index in [1.807, 2.05) is 0 Å². The van der Waals surface area contributed by atoms with Crippen molar-refractivity contribution in [3.8, 4) is 50.4 Å². The largest absolute Gasteiger partial charge is 0.309 e. The summed E-state index contributed by atoms with van der Waals surface area (Å²) in [6, 6.07) is 96.2. The van der Waals surface area contributed by atoms with Gasteiger partial charge in [-0.05, 0) is 152 Å². The molecule has 0 radical (unpaired) electrons. The molecule has 3 nitrogen and oxygen atoms in total. The molecule has 0 aliphatic rings. The summed E-state index contributed by atoms with van der Waals surface area (Å²) in [7, 11) is 0. The third kappa shape index (κ3) is 6.10. The normalized spacial score (nSPS) is 11.9. The quantitative estimate of drug-likeness (QED) is 0.158.